The first-order valence-corrected chi connectivity index (χ1v) is 6.76. The summed E-state index contributed by atoms with van der Waals surface area (Å²) < 4.78 is 28.2. The maximum atomic E-state index is 12.0. The number of benzene rings is 1. The number of carbonyl (C=O) groups is 1. The van der Waals surface area contributed by atoms with Crippen molar-refractivity contribution in [2.45, 2.75) is 39.8 Å². The highest BCUT2D eigenvalue weighted by molar-refractivity contribution is 5.94. The van der Waals surface area contributed by atoms with Gasteiger partial charge in [-0.3, -0.25) is 4.79 Å². The Kier molecular flexibility index (Phi) is 6.08. The van der Waals surface area contributed by atoms with E-state index in [4.69, 9.17) is 5.73 Å². The zero-order valence-corrected chi connectivity index (χ0v) is 12.5. The normalized spacial score (nSPS) is 13.1. The smallest absolute Gasteiger partial charge is 0.387 e. The Morgan fingerprint density at radius 3 is 2.33 bits per heavy atom. The zero-order valence-electron chi connectivity index (χ0n) is 12.5. The number of hydrogen-bond donors (Lipinski definition) is 2. The predicted octanol–water partition coefficient (Wildman–Crippen LogP) is 2.78. The number of ether oxygens (including phenoxy) is 1. The number of nitrogens with two attached hydrogens (primary N) is 1. The summed E-state index contributed by atoms with van der Waals surface area (Å²) in [7, 11) is 0. The van der Waals surface area contributed by atoms with Crippen LogP contribution in [0.2, 0.25) is 0 Å². The van der Waals surface area contributed by atoms with E-state index in [0.717, 1.165) is 6.42 Å². The SMILES string of the molecule is CC(C)(C)CC(N)CNC(=O)c1ccc(OC(F)F)cc1. The third-order valence-electron chi connectivity index (χ3n) is 2.74. The second kappa shape index (κ2) is 7.36. The summed E-state index contributed by atoms with van der Waals surface area (Å²) >= 11 is 0. The molecule has 4 nitrogen and oxygen atoms in total. The first-order valence-electron chi connectivity index (χ1n) is 6.76. The molecule has 0 bridgehead atoms. The van der Waals surface area contributed by atoms with Crippen molar-refractivity contribution in [1.29, 1.82) is 0 Å². The van der Waals surface area contributed by atoms with Crippen molar-refractivity contribution in [3.8, 4) is 5.75 Å². The van der Waals surface area contributed by atoms with E-state index in [9.17, 15) is 13.6 Å². The van der Waals surface area contributed by atoms with Crippen molar-refractivity contribution < 1.29 is 18.3 Å². The lowest BCUT2D eigenvalue weighted by Crippen LogP contribution is -2.39. The molecule has 0 saturated carbocycles. The highest BCUT2D eigenvalue weighted by atomic mass is 19.3. The van der Waals surface area contributed by atoms with Crippen molar-refractivity contribution in [3.05, 3.63) is 29.8 Å². The van der Waals surface area contributed by atoms with Crippen molar-refractivity contribution >= 4 is 5.91 Å². The average molecular weight is 300 g/mol. The van der Waals surface area contributed by atoms with E-state index in [1.54, 1.807) is 0 Å². The summed E-state index contributed by atoms with van der Waals surface area (Å²) in [6.07, 6.45) is 0.786. The molecule has 1 aromatic carbocycles. The molecule has 0 saturated heterocycles. The first-order chi connectivity index (χ1) is 9.67. The number of alkyl halides is 2. The number of hydrogen-bond acceptors (Lipinski definition) is 3. The van der Waals surface area contributed by atoms with Crippen LogP contribution in [0.4, 0.5) is 8.78 Å². The topological polar surface area (TPSA) is 64.3 Å². The monoisotopic (exact) mass is 300 g/mol. The Hall–Kier alpha value is -1.69. The minimum absolute atomic E-state index is 0.0194. The fourth-order valence-corrected chi connectivity index (χ4v) is 1.97. The molecule has 0 fully saturated rings. The van der Waals surface area contributed by atoms with Gasteiger partial charge in [-0.15, -0.1) is 0 Å². The van der Waals surface area contributed by atoms with Crippen LogP contribution < -0.4 is 15.8 Å². The minimum Gasteiger partial charge on any atom is -0.435 e. The summed E-state index contributed by atoms with van der Waals surface area (Å²) in [6.45, 7) is 3.73. The average Bonchev–Trinajstić information content (AvgIpc) is 2.34. The Morgan fingerprint density at radius 2 is 1.86 bits per heavy atom. The number of halogens is 2. The number of nitrogens with one attached hydrogen (secondary N) is 1. The molecule has 0 aromatic heterocycles. The van der Waals surface area contributed by atoms with Gasteiger partial charge in [0, 0.05) is 18.2 Å². The van der Waals surface area contributed by atoms with Gasteiger partial charge in [-0.05, 0) is 36.1 Å². The summed E-state index contributed by atoms with van der Waals surface area (Å²) in [5, 5.41) is 2.73. The molecule has 1 rings (SSSR count). The number of amides is 1. The summed E-state index contributed by atoms with van der Waals surface area (Å²) in [5.74, 6) is -0.269. The lowest BCUT2D eigenvalue weighted by Gasteiger charge is -2.23. The van der Waals surface area contributed by atoms with Gasteiger partial charge in [-0.25, -0.2) is 0 Å². The largest absolute Gasteiger partial charge is 0.435 e. The molecular formula is C15H22F2N2O2. The molecule has 0 aliphatic heterocycles. The predicted molar refractivity (Wildman–Crippen MR) is 77.5 cm³/mol. The molecule has 1 unspecified atom stereocenters. The van der Waals surface area contributed by atoms with Gasteiger partial charge in [0.05, 0.1) is 0 Å². The van der Waals surface area contributed by atoms with Crippen molar-refractivity contribution in [2.24, 2.45) is 11.1 Å². The minimum atomic E-state index is -2.87. The van der Waals surface area contributed by atoms with Gasteiger partial charge in [-0.2, -0.15) is 8.78 Å². The fourth-order valence-electron chi connectivity index (χ4n) is 1.97. The molecule has 3 N–H and O–H groups in total. The van der Waals surface area contributed by atoms with E-state index < -0.39 is 6.61 Å². The van der Waals surface area contributed by atoms with Crippen molar-refractivity contribution in [3.63, 3.8) is 0 Å². The zero-order chi connectivity index (χ0) is 16.0. The van der Waals surface area contributed by atoms with E-state index in [2.05, 4.69) is 30.8 Å². The van der Waals surface area contributed by atoms with Crippen molar-refractivity contribution in [1.82, 2.24) is 5.32 Å². The van der Waals surface area contributed by atoms with Crippen LogP contribution in [0.15, 0.2) is 24.3 Å². The molecule has 0 spiro atoms. The van der Waals surface area contributed by atoms with Crippen LogP contribution in [0, 0.1) is 5.41 Å². The van der Waals surface area contributed by atoms with Gasteiger partial charge in [0.25, 0.3) is 5.91 Å². The fraction of sp³-hybridized carbons (Fsp3) is 0.533. The number of rotatable bonds is 6. The van der Waals surface area contributed by atoms with E-state index in [-0.39, 0.29) is 23.1 Å². The molecule has 0 heterocycles. The van der Waals surface area contributed by atoms with Gasteiger partial charge >= 0.3 is 6.61 Å². The van der Waals surface area contributed by atoms with Crippen LogP contribution in [-0.4, -0.2) is 25.1 Å². The quantitative estimate of drug-likeness (QED) is 0.849. The molecule has 1 amide bonds. The lowest BCUT2D eigenvalue weighted by atomic mass is 9.88. The molecule has 0 radical (unpaired) electrons. The van der Waals surface area contributed by atoms with Crippen LogP contribution in [0.25, 0.3) is 0 Å². The van der Waals surface area contributed by atoms with Crippen LogP contribution in [0.5, 0.6) is 5.75 Å². The third-order valence-corrected chi connectivity index (χ3v) is 2.74. The van der Waals surface area contributed by atoms with E-state index >= 15 is 0 Å². The molecular weight excluding hydrogens is 278 g/mol. The molecule has 1 aromatic rings. The van der Waals surface area contributed by atoms with Crippen LogP contribution in [0.1, 0.15) is 37.6 Å². The Labute approximate surface area is 123 Å². The van der Waals surface area contributed by atoms with Crippen molar-refractivity contribution in [2.75, 3.05) is 6.54 Å². The Balaban J connectivity index is 2.48. The molecule has 21 heavy (non-hydrogen) atoms. The third kappa shape index (κ3) is 7.04. The highest BCUT2D eigenvalue weighted by Crippen LogP contribution is 2.19. The van der Waals surface area contributed by atoms with E-state index in [0.29, 0.717) is 12.1 Å². The number of carbonyl (C=O) groups excluding carboxylic acids is 1. The summed E-state index contributed by atoms with van der Waals surface area (Å²) in [6, 6.07) is 5.40. The first kappa shape index (κ1) is 17.4. The Bertz CT molecular complexity index is 456. The van der Waals surface area contributed by atoms with Crippen LogP contribution in [-0.2, 0) is 0 Å². The van der Waals surface area contributed by atoms with E-state index in [1.807, 2.05) is 0 Å². The summed E-state index contributed by atoms with van der Waals surface area (Å²) in [4.78, 5) is 11.9. The standard InChI is InChI=1S/C15H22F2N2O2/c1-15(2,3)8-11(18)9-19-13(20)10-4-6-12(7-5-10)21-14(16)17/h4-7,11,14H,8-9,18H2,1-3H3,(H,19,20). The second-order valence-electron chi connectivity index (χ2n) is 6.14. The van der Waals surface area contributed by atoms with Gasteiger partial charge in [-0.1, -0.05) is 20.8 Å². The maximum Gasteiger partial charge on any atom is 0.387 e. The van der Waals surface area contributed by atoms with E-state index in [1.165, 1.54) is 24.3 Å². The van der Waals surface area contributed by atoms with Gasteiger partial charge < -0.3 is 15.8 Å². The van der Waals surface area contributed by atoms with Crippen LogP contribution in [0.3, 0.4) is 0 Å². The van der Waals surface area contributed by atoms with Crippen LogP contribution >= 0.6 is 0 Å². The second-order valence-corrected chi connectivity index (χ2v) is 6.14. The molecule has 118 valence electrons. The molecule has 6 heteroatoms. The lowest BCUT2D eigenvalue weighted by molar-refractivity contribution is -0.0498. The highest BCUT2D eigenvalue weighted by Gasteiger charge is 2.16. The van der Waals surface area contributed by atoms with Gasteiger partial charge in [0.15, 0.2) is 0 Å². The van der Waals surface area contributed by atoms with Gasteiger partial charge in [0.1, 0.15) is 5.75 Å². The molecule has 0 aliphatic carbocycles. The Morgan fingerprint density at radius 1 is 1.29 bits per heavy atom. The molecule has 0 aliphatic rings. The summed E-state index contributed by atoms with van der Waals surface area (Å²) in [5.41, 5.74) is 6.42. The van der Waals surface area contributed by atoms with Gasteiger partial charge in [0.2, 0.25) is 0 Å². The maximum absolute atomic E-state index is 12.0. The molecule has 1 atom stereocenters.